The van der Waals surface area contributed by atoms with Crippen molar-refractivity contribution in [1.29, 1.82) is 0 Å². The highest BCUT2D eigenvalue weighted by Crippen LogP contribution is 2.19. The van der Waals surface area contributed by atoms with Gasteiger partial charge in [-0.1, -0.05) is 29.5 Å². The van der Waals surface area contributed by atoms with Gasteiger partial charge in [0.1, 0.15) is 5.01 Å². The second-order valence-corrected chi connectivity index (χ2v) is 5.82. The van der Waals surface area contributed by atoms with E-state index >= 15 is 0 Å². The van der Waals surface area contributed by atoms with Crippen LogP contribution in [0.5, 0.6) is 0 Å². The zero-order valence-electron chi connectivity index (χ0n) is 8.57. The molecule has 0 saturated heterocycles. The Morgan fingerprint density at radius 3 is 2.53 bits per heavy atom. The molecule has 90 valence electrons. The van der Waals surface area contributed by atoms with Gasteiger partial charge < -0.3 is 5.11 Å². The fourth-order valence-electron chi connectivity index (χ4n) is 1.13. The molecule has 0 aliphatic carbocycles. The minimum Gasteiger partial charge on any atom is -0.389 e. The van der Waals surface area contributed by atoms with Crippen molar-refractivity contribution < 1.29 is 13.5 Å². The van der Waals surface area contributed by atoms with Crippen molar-refractivity contribution in [2.45, 2.75) is 11.5 Å². The standard InChI is InChI=1S/C9H9N3O3S2/c13-6-8-10-11-9(16-8)12-17(14,15)7-4-2-1-3-5-7/h1-5,13H,6H2,(H,11,12). The fraction of sp³-hybridized carbons (Fsp3) is 0.111. The van der Waals surface area contributed by atoms with Crippen molar-refractivity contribution in [3.05, 3.63) is 35.3 Å². The van der Waals surface area contributed by atoms with Crippen LogP contribution in [0.3, 0.4) is 0 Å². The van der Waals surface area contributed by atoms with E-state index in [-0.39, 0.29) is 16.6 Å². The molecule has 0 bridgehead atoms. The monoisotopic (exact) mass is 271 g/mol. The number of aromatic nitrogens is 2. The minimum absolute atomic E-state index is 0.137. The fourth-order valence-corrected chi connectivity index (χ4v) is 2.98. The van der Waals surface area contributed by atoms with E-state index in [0.717, 1.165) is 11.3 Å². The predicted molar refractivity (Wildman–Crippen MR) is 63.1 cm³/mol. The summed E-state index contributed by atoms with van der Waals surface area (Å²) in [5.74, 6) is 0. The Morgan fingerprint density at radius 2 is 1.94 bits per heavy atom. The summed E-state index contributed by atoms with van der Waals surface area (Å²) >= 11 is 0.992. The first-order valence-electron chi connectivity index (χ1n) is 4.63. The van der Waals surface area contributed by atoms with Crippen molar-refractivity contribution in [1.82, 2.24) is 10.2 Å². The molecule has 2 rings (SSSR count). The van der Waals surface area contributed by atoms with Gasteiger partial charge in [0.2, 0.25) is 5.13 Å². The molecule has 2 N–H and O–H groups in total. The van der Waals surface area contributed by atoms with Crippen LogP contribution in [0, 0.1) is 0 Å². The molecule has 2 aromatic rings. The Labute approximate surface area is 102 Å². The van der Waals surface area contributed by atoms with Crippen molar-refractivity contribution in [2.24, 2.45) is 0 Å². The predicted octanol–water partition coefficient (Wildman–Crippen LogP) is 0.831. The van der Waals surface area contributed by atoms with Crippen molar-refractivity contribution >= 4 is 26.5 Å². The van der Waals surface area contributed by atoms with Gasteiger partial charge in [-0.05, 0) is 12.1 Å². The number of nitrogens with zero attached hydrogens (tertiary/aromatic N) is 2. The SMILES string of the molecule is O=S(=O)(Nc1nnc(CO)s1)c1ccccc1. The van der Waals surface area contributed by atoms with Crippen molar-refractivity contribution in [2.75, 3.05) is 4.72 Å². The number of sulfonamides is 1. The van der Waals surface area contributed by atoms with Crippen molar-refractivity contribution in [3.8, 4) is 0 Å². The molecular formula is C9H9N3O3S2. The summed E-state index contributed by atoms with van der Waals surface area (Å²) in [6, 6.07) is 7.96. The summed E-state index contributed by atoms with van der Waals surface area (Å²) in [7, 11) is -3.63. The molecule has 0 saturated carbocycles. The Hall–Kier alpha value is -1.51. The van der Waals surface area contributed by atoms with Crippen LogP contribution in [0.25, 0.3) is 0 Å². The molecule has 0 atom stereocenters. The molecule has 0 radical (unpaired) electrons. The lowest BCUT2D eigenvalue weighted by Gasteiger charge is -2.03. The highest BCUT2D eigenvalue weighted by atomic mass is 32.2. The summed E-state index contributed by atoms with van der Waals surface area (Å²) in [5, 5.41) is 16.5. The summed E-state index contributed by atoms with van der Waals surface area (Å²) in [5.41, 5.74) is 0. The molecule has 6 nitrogen and oxygen atoms in total. The number of benzene rings is 1. The number of nitrogens with one attached hydrogen (secondary N) is 1. The van der Waals surface area contributed by atoms with Crippen LogP contribution in [0.4, 0.5) is 5.13 Å². The van der Waals surface area contributed by atoms with Gasteiger partial charge in [0.05, 0.1) is 11.5 Å². The Kier molecular flexibility index (Phi) is 3.36. The van der Waals surface area contributed by atoms with E-state index in [4.69, 9.17) is 5.11 Å². The van der Waals surface area contributed by atoms with Gasteiger partial charge in [0.25, 0.3) is 10.0 Å². The van der Waals surface area contributed by atoms with Gasteiger partial charge in [-0.25, -0.2) is 8.42 Å². The third kappa shape index (κ3) is 2.78. The Balaban J connectivity index is 2.24. The summed E-state index contributed by atoms with van der Waals surface area (Å²) in [4.78, 5) is 0.153. The van der Waals surface area contributed by atoms with E-state index in [0.29, 0.717) is 5.01 Å². The topological polar surface area (TPSA) is 92.2 Å². The molecule has 1 aromatic carbocycles. The van der Waals surface area contributed by atoms with Gasteiger partial charge in [-0.3, -0.25) is 4.72 Å². The zero-order valence-corrected chi connectivity index (χ0v) is 10.2. The van der Waals surface area contributed by atoms with Crippen LogP contribution in [0.2, 0.25) is 0 Å². The smallest absolute Gasteiger partial charge is 0.263 e. The van der Waals surface area contributed by atoms with E-state index in [2.05, 4.69) is 14.9 Å². The highest BCUT2D eigenvalue weighted by molar-refractivity contribution is 7.93. The number of anilines is 1. The minimum atomic E-state index is -3.63. The van der Waals surface area contributed by atoms with Crippen molar-refractivity contribution in [3.63, 3.8) is 0 Å². The van der Waals surface area contributed by atoms with Crippen LogP contribution in [0.15, 0.2) is 35.2 Å². The maximum atomic E-state index is 11.9. The van der Waals surface area contributed by atoms with E-state index < -0.39 is 10.0 Å². The van der Waals surface area contributed by atoms with Crippen LogP contribution in [0.1, 0.15) is 5.01 Å². The average molecular weight is 271 g/mol. The lowest BCUT2D eigenvalue weighted by Crippen LogP contribution is -2.12. The molecule has 0 unspecified atom stereocenters. The van der Waals surface area contributed by atoms with Gasteiger partial charge >= 0.3 is 0 Å². The molecule has 0 aliphatic rings. The third-order valence-corrected chi connectivity index (χ3v) is 4.18. The largest absolute Gasteiger partial charge is 0.389 e. The van der Waals surface area contributed by atoms with Gasteiger partial charge in [-0.2, -0.15) is 0 Å². The number of hydrogen-bond donors (Lipinski definition) is 2. The van der Waals surface area contributed by atoms with Gasteiger partial charge in [0, 0.05) is 0 Å². The molecular weight excluding hydrogens is 262 g/mol. The first kappa shape index (κ1) is 12.0. The maximum Gasteiger partial charge on any atom is 0.263 e. The molecule has 0 amide bonds. The number of rotatable bonds is 4. The van der Waals surface area contributed by atoms with E-state index in [1.165, 1.54) is 12.1 Å². The molecule has 1 heterocycles. The summed E-state index contributed by atoms with van der Waals surface area (Å²) in [6.45, 7) is -0.259. The number of hydrogen-bond acceptors (Lipinski definition) is 6. The first-order chi connectivity index (χ1) is 8.12. The second-order valence-electron chi connectivity index (χ2n) is 3.08. The van der Waals surface area contributed by atoms with Crippen LogP contribution >= 0.6 is 11.3 Å². The van der Waals surface area contributed by atoms with Crippen LogP contribution < -0.4 is 4.72 Å². The average Bonchev–Trinajstić information content (AvgIpc) is 2.77. The zero-order chi connectivity index (χ0) is 12.3. The Morgan fingerprint density at radius 1 is 1.24 bits per heavy atom. The first-order valence-corrected chi connectivity index (χ1v) is 6.93. The van der Waals surface area contributed by atoms with E-state index in [9.17, 15) is 8.42 Å². The molecule has 1 aromatic heterocycles. The van der Waals surface area contributed by atoms with E-state index in [1.54, 1.807) is 18.2 Å². The quantitative estimate of drug-likeness (QED) is 0.859. The summed E-state index contributed by atoms with van der Waals surface area (Å²) < 4.78 is 26.0. The van der Waals surface area contributed by atoms with E-state index in [1.807, 2.05) is 0 Å². The maximum absolute atomic E-state index is 11.9. The van der Waals surface area contributed by atoms with Crippen LogP contribution in [-0.2, 0) is 16.6 Å². The summed E-state index contributed by atoms with van der Waals surface area (Å²) in [6.07, 6.45) is 0. The molecule has 8 heteroatoms. The normalized spacial score (nSPS) is 11.4. The number of aliphatic hydroxyl groups excluding tert-OH is 1. The Bertz CT molecular complexity index is 595. The lowest BCUT2D eigenvalue weighted by molar-refractivity contribution is 0.280. The van der Waals surface area contributed by atoms with Crippen LogP contribution in [-0.4, -0.2) is 23.7 Å². The molecule has 0 spiro atoms. The lowest BCUT2D eigenvalue weighted by atomic mass is 10.4. The van der Waals surface area contributed by atoms with Gasteiger partial charge in [-0.15, -0.1) is 10.2 Å². The molecule has 17 heavy (non-hydrogen) atoms. The molecule has 0 fully saturated rings. The number of aliphatic hydroxyl groups is 1. The molecule has 0 aliphatic heterocycles. The second kappa shape index (κ2) is 4.78. The van der Waals surface area contributed by atoms with Gasteiger partial charge in [0.15, 0.2) is 0 Å². The third-order valence-electron chi connectivity index (χ3n) is 1.88. The highest BCUT2D eigenvalue weighted by Gasteiger charge is 2.15.